The number of hydrogen-bond donors (Lipinski definition) is 2. The average Bonchev–Trinajstić information content (AvgIpc) is 2.76. The van der Waals surface area contributed by atoms with Crippen molar-refractivity contribution in [2.24, 2.45) is 5.92 Å². The average molecular weight is 284 g/mol. The second-order valence-electron chi connectivity index (χ2n) is 5.13. The molecule has 0 aromatic carbocycles. The van der Waals surface area contributed by atoms with Crippen LogP contribution >= 0.6 is 0 Å². The summed E-state index contributed by atoms with van der Waals surface area (Å²) in [7, 11) is 1.20. The van der Waals surface area contributed by atoms with Crippen LogP contribution in [0.3, 0.4) is 0 Å². The van der Waals surface area contributed by atoms with Crippen LogP contribution in [0.2, 0.25) is 0 Å². The van der Waals surface area contributed by atoms with Gasteiger partial charge in [0.2, 0.25) is 5.91 Å². The van der Waals surface area contributed by atoms with E-state index in [1.165, 1.54) is 12.0 Å². The highest BCUT2D eigenvalue weighted by molar-refractivity contribution is 5.90. The van der Waals surface area contributed by atoms with E-state index in [0.717, 1.165) is 0 Å². The summed E-state index contributed by atoms with van der Waals surface area (Å²) in [6.45, 7) is 7.45. The predicted molar refractivity (Wildman–Crippen MR) is 71.1 cm³/mol. The quantitative estimate of drug-likeness (QED) is 0.737. The van der Waals surface area contributed by atoms with Crippen molar-refractivity contribution < 1.29 is 24.2 Å². The maximum atomic E-state index is 12.5. The molecule has 1 fully saturated rings. The molecule has 0 saturated carbocycles. The molecule has 1 unspecified atom stereocenters. The Kier molecular flexibility index (Phi) is 5.12. The Bertz CT molecular complexity index is 432. The lowest BCUT2D eigenvalue weighted by atomic mass is 10.0. The van der Waals surface area contributed by atoms with Crippen LogP contribution in [-0.4, -0.2) is 53.7 Å². The number of ether oxygens (including phenoxy) is 1. The highest BCUT2D eigenvalue weighted by atomic mass is 16.5. The number of amides is 2. The fourth-order valence-electron chi connectivity index (χ4n) is 2.13. The second-order valence-corrected chi connectivity index (χ2v) is 5.13. The molecular weight excluding hydrogens is 264 g/mol. The van der Waals surface area contributed by atoms with Crippen LogP contribution in [0.25, 0.3) is 0 Å². The van der Waals surface area contributed by atoms with E-state index < -0.39 is 30.1 Å². The number of nitrogens with zero attached hydrogens (tertiary/aromatic N) is 1. The number of likely N-dealkylation sites (tertiary alicyclic amines) is 1. The van der Waals surface area contributed by atoms with Gasteiger partial charge in [-0.15, -0.1) is 0 Å². The van der Waals surface area contributed by atoms with Crippen LogP contribution in [0.15, 0.2) is 12.2 Å². The van der Waals surface area contributed by atoms with E-state index in [0.29, 0.717) is 5.57 Å². The van der Waals surface area contributed by atoms with Crippen LogP contribution < -0.4 is 5.32 Å². The number of rotatable bonds is 4. The zero-order valence-electron chi connectivity index (χ0n) is 11.9. The molecule has 1 rings (SSSR count). The van der Waals surface area contributed by atoms with Gasteiger partial charge in [-0.3, -0.25) is 4.79 Å². The van der Waals surface area contributed by atoms with Crippen LogP contribution in [-0.2, 0) is 14.3 Å². The largest absolute Gasteiger partial charge is 0.480 e. The molecule has 7 nitrogen and oxygen atoms in total. The van der Waals surface area contributed by atoms with Gasteiger partial charge in [-0.1, -0.05) is 26.0 Å². The van der Waals surface area contributed by atoms with Crippen LogP contribution in [0, 0.1) is 5.92 Å². The number of carboxylic acid groups (broad SMARTS) is 1. The first-order valence-corrected chi connectivity index (χ1v) is 6.32. The minimum atomic E-state index is -1.07. The molecule has 1 aliphatic heterocycles. The Morgan fingerprint density at radius 3 is 2.50 bits per heavy atom. The van der Waals surface area contributed by atoms with Gasteiger partial charge in [-0.2, -0.15) is 0 Å². The van der Waals surface area contributed by atoms with Gasteiger partial charge in [0.1, 0.15) is 12.1 Å². The summed E-state index contributed by atoms with van der Waals surface area (Å²) >= 11 is 0. The Hall–Kier alpha value is -2.05. The first kappa shape index (κ1) is 16.0. The van der Waals surface area contributed by atoms with Crippen molar-refractivity contribution in [1.82, 2.24) is 10.2 Å². The molecule has 1 saturated heterocycles. The van der Waals surface area contributed by atoms with Crippen molar-refractivity contribution in [2.75, 3.05) is 13.7 Å². The van der Waals surface area contributed by atoms with E-state index in [1.807, 2.05) is 0 Å². The van der Waals surface area contributed by atoms with Gasteiger partial charge in [-0.25, -0.2) is 9.59 Å². The third-order valence-electron chi connectivity index (χ3n) is 3.21. The summed E-state index contributed by atoms with van der Waals surface area (Å²) in [5, 5.41) is 11.6. The molecule has 0 radical (unpaired) electrons. The minimum absolute atomic E-state index is 0.190. The fourth-order valence-corrected chi connectivity index (χ4v) is 2.13. The highest BCUT2D eigenvalue weighted by Gasteiger charge is 2.40. The van der Waals surface area contributed by atoms with Crippen molar-refractivity contribution in [1.29, 1.82) is 0 Å². The van der Waals surface area contributed by atoms with Gasteiger partial charge in [0, 0.05) is 13.0 Å². The van der Waals surface area contributed by atoms with Gasteiger partial charge >= 0.3 is 12.1 Å². The monoisotopic (exact) mass is 284 g/mol. The van der Waals surface area contributed by atoms with Gasteiger partial charge in [0.15, 0.2) is 0 Å². The Morgan fingerprint density at radius 2 is 2.05 bits per heavy atom. The van der Waals surface area contributed by atoms with Crippen molar-refractivity contribution in [3.05, 3.63) is 12.2 Å². The first-order valence-electron chi connectivity index (χ1n) is 6.32. The number of aliphatic carboxylic acids is 1. The molecule has 2 atom stereocenters. The Balaban J connectivity index is 2.91. The zero-order chi connectivity index (χ0) is 15.4. The third kappa shape index (κ3) is 3.49. The van der Waals surface area contributed by atoms with E-state index in [-0.39, 0.29) is 18.9 Å². The van der Waals surface area contributed by atoms with Crippen molar-refractivity contribution in [2.45, 2.75) is 32.4 Å². The van der Waals surface area contributed by atoms with E-state index in [1.54, 1.807) is 13.8 Å². The summed E-state index contributed by atoms with van der Waals surface area (Å²) in [6, 6.07) is -1.74. The molecule has 112 valence electrons. The third-order valence-corrected chi connectivity index (χ3v) is 3.21. The lowest BCUT2D eigenvalue weighted by molar-refractivity contribution is -0.149. The van der Waals surface area contributed by atoms with Crippen LogP contribution in [0.1, 0.15) is 20.3 Å². The van der Waals surface area contributed by atoms with Gasteiger partial charge in [-0.05, 0) is 5.92 Å². The lowest BCUT2D eigenvalue weighted by Crippen LogP contribution is -2.53. The topological polar surface area (TPSA) is 95.9 Å². The minimum Gasteiger partial charge on any atom is -0.480 e. The SMILES string of the molecule is C=C1CC(C(=O)O)N(C(=O)[C@@H](NC(=O)OC)C(C)C)C1. The molecule has 1 heterocycles. The first-order chi connectivity index (χ1) is 9.27. The zero-order valence-corrected chi connectivity index (χ0v) is 11.9. The Morgan fingerprint density at radius 1 is 1.45 bits per heavy atom. The van der Waals surface area contributed by atoms with Gasteiger partial charge in [0.25, 0.3) is 0 Å². The van der Waals surface area contributed by atoms with E-state index in [9.17, 15) is 14.4 Å². The predicted octanol–water partition coefficient (Wildman–Crippen LogP) is 0.609. The number of nitrogens with one attached hydrogen (secondary N) is 1. The molecule has 2 amide bonds. The van der Waals surface area contributed by atoms with Gasteiger partial charge < -0.3 is 20.1 Å². The normalized spacial score (nSPS) is 19.9. The maximum Gasteiger partial charge on any atom is 0.407 e. The summed E-state index contributed by atoms with van der Waals surface area (Å²) in [4.78, 5) is 36.2. The number of carbonyl (C=O) groups excluding carboxylic acids is 2. The van der Waals surface area contributed by atoms with E-state index in [4.69, 9.17) is 5.11 Å². The molecule has 20 heavy (non-hydrogen) atoms. The standard InChI is InChI=1S/C13H20N2O5/c1-7(2)10(14-13(19)20-4)11(16)15-6-8(3)5-9(15)12(17)18/h7,9-10H,3,5-6H2,1-2,4H3,(H,14,19)(H,17,18)/t9?,10-/m0/s1. The smallest absolute Gasteiger partial charge is 0.407 e. The van der Waals surface area contributed by atoms with Crippen molar-refractivity contribution in [3.63, 3.8) is 0 Å². The van der Waals surface area contributed by atoms with E-state index in [2.05, 4.69) is 16.6 Å². The molecule has 0 aromatic heterocycles. The van der Waals surface area contributed by atoms with Crippen LogP contribution in [0.4, 0.5) is 4.79 Å². The summed E-state index contributed by atoms with van der Waals surface area (Å²) < 4.78 is 4.48. The Labute approximate surface area is 117 Å². The maximum absolute atomic E-state index is 12.5. The molecule has 7 heteroatoms. The number of carbonyl (C=O) groups is 3. The molecule has 0 aromatic rings. The van der Waals surface area contributed by atoms with E-state index >= 15 is 0 Å². The number of methoxy groups -OCH3 is 1. The summed E-state index contributed by atoms with van der Waals surface area (Å²) in [5.74, 6) is -1.70. The molecule has 0 spiro atoms. The highest BCUT2D eigenvalue weighted by Crippen LogP contribution is 2.23. The van der Waals surface area contributed by atoms with Crippen molar-refractivity contribution in [3.8, 4) is 0 Å². The van der Waals surface area contributed by atoms with Crippen molar-refractivity contribution >= 4 is 18.0 Å². The lowest BCUT2D eigenvalue weighted by Gasteiger charge is -2.28. The molecule has 2 N–H and O–H groups in total. The fraction of sp³-hybridized carbons (Fsp3) is 0.615. The molecular formula is C13H20N2O5. The summed E-state index contributed by atoms with van der Waals surface area (Å²) in [5.41, 5.74) is 0.686. The van der Waals surface area contributed by atoms with Crippen LogP contribution in [0.5, 0.6) is 0 Å². The molecule has 1 aliphatic rings. The second kappa shape index (κ2) is 6.40. The molecule has 0 aliphatic carbocycles. The number of alkyl carbamates (subject to hydrolysis) is 1. The molecule has 0 bridgehead atoms. The van der Waals surface area contributed by atoms with Gasteiger partial charge in [0.05, 0.1) is 7.11 Å². The number of carboxylic acids is 1. The summed E-state index contributed by atoms with van der Waals surface area (Å²) in [6.07, 6.45) is -0.480. The number of hydrogen-bond acceptors (Lipinski definition) is 4.